The van der Waals surface area contributed by atoms with E-state index in [0.29, 0.717) is 6.54 Å². The average molecular weight is 616 g/mol. The number of fused-ring (bicyclic) bond motifs is 1. The van der Waals surface area contributed by atoms with Crippen LogP contribution < -0.4 is 24.2 Å². The van der Waals surface area contributed by atoms with Crippen molar-refractivity contribution in [2.45, 2.75) is 23.3 Å². The van der Waals surface area contributed by atoms with Crippen molar-refractivity contribution >= 4 is 50.0 Å². The summed E-state index contributed by atoms with van der Waals surface area (Å²) < 4.78 is 36.8. The summed E-state index contributed by atoms with van der Waals surface area (Å²) in [6.07, 6.45) is 6.14. The van der Waals surface area contributed by atoms with E-state index in [4.69, 9.17) is 0 Å². The number of anilines is 1. The lowest BCUT2D eigenvalue weighted by molar-refractivity contribution is -0.671. The Morgan fingerprint density at radius 1 is 0.905 bits per heavy atom. The van der Waals surface area contributed by atoms with E-state index in [9.17, 15) is 17.8 Å². The largest absolute Gasteiger partial charge is 0.744 e. The Morgan fingerprint density at radius 3 is 2.19 bits per heavy atom. The number of pyridine rings is 1. The number of aromatic nitrogens is 2. The fraction of sp³-hybridized carbons (Fsp3) is 0.125. The van der Waals surface area contributed by atoms with Crippen LogP contribution in [0.2, 0.25) is 0 Å². The molecule has 10 heteroatoms. The minimum Gasteiger partial charge on any atom is -0.744 e. The van der Waals surface area contributed by atoms with Gasteiger partial charge in [0.1, 0.15) is 26.7 Å². The predicted molar refractivity (Wildman–Crippen MR) is 168 cm³/mol. The smallest absolute Gasteiger partial charge is 0.272 e. The monoisotopic (exact) mass is 615 g/mol. The van der Waals surface area contributed by atoms with Gasteiger partial charge in [0.15, 0.2) is 12.4 Å². The molecule has 0 fully saturated rings. The Kier molecular flexibility index (Phi) is 8.79. The van der Waals surface area contributed by atoms with Gasteiger partial charge in [0.2, 0.25) is 0 Å². The molecule has 0 saturated heterocycles. The third-order valence-corrected chi connectivity index (χ3v) is 9.97. The molecule has 3 heterocycles. The predicted octanol–water partition coefficient (Wildman–Crippen LogP) is 3.82. The van der Waals surface area contributed by atoms with Crippen LogP contribution in [0, 0.1) is 6.92 Å². The Balaban J connectivity index is 0.000000271. The summed E-state index contributed by atoms with van der Waals surface area (Å²) in [5.74, 6) is 0. The molecule has 42 heavy (non-hydrogen) atoms. The SMILES string of the molecule is CN1C(=c2sc(=Cc3cc[n+](C)cc3)n(Cc3ccccc3)c2=O)Sc2ccccc21.Cc1ccc(S(=O)(=O)[O-])cc1. The first kappa shape index (κ1) is 29.5. The zero-order valence-electron chi connectivity index (χ0n) is 23.3. The Hall–Kier alpha value is -3.96. The van der Waals surface area contributed by atoms with E-state index < -0.39 is 10.1 Å². The summed E-state index contributed by atoms with van der Waals surface area (Å²) in [6.45, 7) is 2.37. The maximum Gasteiger partial charge on any atom is 0.272 e. The van der Waals surface area contributed by atoms with Crippen molar-refractivity contribution in [3.8, 4) is 0 Å². The number of hydrogen-bond donors (Lipinski definition) is 0. The topological polar surface area (TPSA) is 86.3 Å². The number of aryl methyl sites for hydroxylation is 2. The van der Waals surface area contributed by atoms with Crippen LogP contribution in [0.1, 0.15) is 16.7 Å². The Labute approximate surface area is 253 Å². The highest BCUT2D eigenvalue weighted by Crippen LogP contribution is 2.44. The maximum absolute atomic E-state index is 13.6. The number of benzene rings is 3. The van der Waals surface area contributed by atoms with Gasteiger partial charge in [-0.3, -0.25) is 9.36 Å². The van der Waals surface area contributed by atoms with Gasteiger partial charge in [-0.2, -0.15) is 0 Å². The van der Waals surface area contributed by atoms with Crippen molar-refractivity contribution in [3.63, 3.8) is 0 Å². The van der Waals surface area contributed by atoms with Crippen LogP contribution in [0.3, 0.4) is 0 Å². The van der Waals surface area contributed by atoms with Crippen molar-refractivity contribution in [2.24, 2.45) is 7.05 Å². The molecule has 3 aromatic carbocycles. The molecule has 0 unspecified atom stereocenters. The highest BCUT2D eigenvalue weighted by Gasteiger charge is 2.24. The lowest BCUT2D eigenvalue weighted by atomic mass is 10.2. The average Bonchev–Trinajstić information content (AvgIpc) is 3.46. The number of thioether (sulfide) groups is 1. The molecular formula is C32H29N3O4S3. The molecule has 2 aromatic heterocycles. The van der Waals surface area contributed by atoms with E-state index in [1.54, 1.807) is 35.2 Å². The van der Waals surface area contributed by atoms with Crippen molar-refractivity contribution in [1.82, 2.24) is 4.57 Å². The lowest BCUT2D eigenvalue weighted by Crippen LogP contribution is -2.34. The molecule has 214 valence electrons. The van der Waals surface area contributed by atoms with Crippen molar-refractivity contribution in [3.05, 3.63) is 140 Å². The fourth-order valence-corrected chi connectivity index (χ4v) is 7.22. The van der Waals surface area contributed by atoms with Crippen LogP contribution in [0.15, 0.2) is 118 Å². The maximum atomic E-state index is 13.6. The van der Waals surface area contributed by atoms with Crippen LogP contribution in [0.5, 0.6) is 0 Å². The third-order valence-electron chi connectivity index (χ3n) is 6.63. The van der Waals surface area contributed by atoms with Gasteiger partial charge in [0.25, 0.3) is 5.56 Å². The number of para-hydroxylation sites is 1. The Morgan fingerprint density at radius 2 is 1.55 bits per heavy atom. The molecule has 0 spiro atoms. The van der Waals surface area contributed by atoms with Crippen LogP contribution in [-0.4, -0.2) is 24.6 Å². The molecule has 6 rings (SSSR count). The normalized spacial score (nSPS) is 14.4. The zero-order valence-corrected chi connectivity index (χ0v) is 25.7. The summed E-state index contributed by atoms with van der Waals surface area (Å²) in [5.41, 5.74) is 4.32. The zero-order chi connectivity index (χ0) is 29.9. The molecule has 0 saturated carbocycles. The first-order valence-electron chi connectivity index (χ1n) is 13.1. The molecule has 0 radical (unpaired) electrons. The van der Waals surface area contributed by atoms with Crippen molar-refractivity contribution in [1.29, 1.82) is 0 Å². The number of thiazole rings is 1. The van der Waals surface area contributed by atoms with Crippen molar-refractivity contribution < 1.29 is 17.5 Å². The molecular weight excluding hydrogens is 587 g/mol. The van der Waals surface area contributed by atoms with E-state index in [1.807, 2.05) is 72.9 Å². The highest BCUT2D eigenvalue weighted by molar-refractivity contribution is 8.08. The van der Waals surface area contributed by atoms with Gasteiger partial charge in [0.05, 0.1) is 21.8 Å². The number of nitrogens with zero attached hydrogens (tertiary/aromatic N) is 3. The molecule has 1 aliphatic rings. The van der Waals surface area contributed by atoms with E-state index in [1.165, 1.54) is 17.0 Å². The molecule has 7 nitrogen and oxygen atoms in total. The van der Waals surface area contributed by atoms with Crippen LogP contribution in [0.4, 0.5) is 5.69 Å². The van der Waals surface area contributed by atoms with E-state index in [0.717, 1.165) is 36.6 Å². The van der Waals surface area contributed by atoms with E-state index >= 15 is 0 Å². The van der Waals surface area contributed by atoms with Gasteiger partial charge in [-0.1, -0.05) is 71.9 Å². The molecule has 5 aromatic rings. The lowest BCUT2D eigenvalue weighted by Gasteiger charge is -2.11. The van der Waals surface area contributed by atoms with Gasteiger partial charge >= 0.3 is 0 Å². The van der Waals surface area contributed by atoms with Gasteiger partial charge in [-0.05, 0) is 48.4 Å². The van der Waals surface area contributed by atoms with Gasteiger partial charge in [-0.25, -0.2) is 13.0 Å². The molecule has 0 aliphatic carbocycles. The van der Waals surface area contributed by atoms with Crippen LogP contribution >= 0.6 is 23.1 Å². The van der Waals surface area contributed by atoms with Crippen molar-refractivity contribution in [2.75, 3.05) is 11.9 Å². The summed E-state index contributed by atoms with van der Waals surface area (Å²) in [6, 6.07) is 28.4. The summed E-state index contributed by atoms with van der Waals surface area (Å²) in [4.78, 5) is 16.7. The molecule has 0 bridgehead atoms. The second-order valence-electron chi connectivity index (χ2n) is 9.79. The summed E-state index contributed by atoms with van der Waals surface area (Å²) in [7, 11) is -0.233. The molecule has 0 amide bonds. The quantitative estimate of drug-likeness (QED) is 0.226. The number of rotatable bonds is 4. The van der Waals surface area contributed by atoms with E-state index in [-0.39, 0.29) is 10.5 Å². The van der Waals surface area contributed by atoms with Gasteiger partial charge in [-0.15, -0.1) is 11.3 Å². The molecule has 0 atom stereocenters. The first-order chi connectivity index (χ1) is 20.1. The van der Waals surface area contributed by atoms with Gasteiger partial charge in [0, 0.05) is 24.1 Å². The first-order valence-corrected chi connectivity index (χ1v) is 16.1. The Bertz CT molecular complexity index is 2000. The van der Waals surface area contributed by atoms with Crippen LogP contribution in [0.25, 0.3) is 11.1 Å². The number of hydrogen-bond acceptors (Lipinski definition) is 7. The molecule has 1 aliphatic heterocycles. The second-order valence-corrected chi connectivity index (χ2v) is 13.2. The van der Waals surface area contributed by atoms with E-state index in [2.05, 4.69) is 47.4 Å². The fourth-order valence-electron chi connectivity index (χ4n) is 4.34. The minimum absolute atomic E-state index is 0.0590. The van der Waals surface area contributed by atoms with Crippen LogP contribution in [-0.2, 0) is 23.7 Å². The summed E-state index contributed by atoms with van der Waals surface area (Å²) in [5, 5.41) is 0.997. The highest BCUT2D eigenvalue weighted by atomic mass is 32.2. The van der Waals surface area contributed by atoms with Gasteiger partial charge < -0.3 is 9.45 Å². The standard InChI is InChI=1S/C25H22N3OS2.C7H8O3S/c1-26-14-12-18(13-15-26)16-22-28(17-19-8-4-3-5-9-19)24(29)23(31-22)25-27(2)20-10-6-7-11-21(20)30-25;1-6-2-4-7(5-3-6)11(8,9)10/h3-16H,17H2,1-2H3;2-5H,1H3,(H,8,9,10)/q+1;/p-1. The molecule has 0 N–H and O–H groups in total. The third kappa shape index (κ3) is 6.74. The second kappa shape index (κ2) is 12.5. The summed E-state index contributed by atoms with van der Waals surface area (Å²) >= 11 is 3.24. The minimum atomic E-state index is -4.27.